The molecule has 1 aliphatic carbocycles. The second-order valence-corrected chi connectivity index (χ2v) is 11.3. The van der Waals surface area contributed by atoms with Crippen LogP contribution in [0.5, 0.6) is 0 Å². The highest BCUT2D eigenvalue weighted by Gasteiger charge is 2.39. The molecule has 0 amide bonds. The molecule has 0 unspecified atom stereocenters. The van der Waals surface area contributed by atoms with Gasteiger partial charge in [-0.15, -0.1) is 0 Å². The van der Waals surface area contributed by atoms with E-state index in [4.69, 9.17) is 0 Å². The van der Waals surface area contributed by atoms with Crippen molar-refractivity contribution in [3.8, 4) is 33.4 Å². The second-order valence-electron chi connectivity index (χ2n) is 11.3. The molecule has 0 atom stereocenters. The van der Waals surface area contributed by atoms with Crippen molar-refractivity contribution in [1.82, 2.24) is 0 Å². The van der Waals surface area contributed by atoms with Crippen LogP contribution in [0.25, 0.3) is 65.7 Å². The zero-order valence-electron chi connectivity index (χ0n) is 22.2. The number of fused-ring (bicyclic) bond motifs is 10. The topological polar surface area (TPSA) is 0 Å². The van der Waals surface area contributed by atoms with Crippen molar-refractivity contribution in [3.05, 3.63) is 145 Å². The standard InChI is InChI=1S/C39H28/c1-39(2)35-22-19-27-15-9-10-16-30(27)36(35)37-33-23-28(25-11-5-3-6-12-25)17-20-31(33)32-21-18-29(24-34(32)38(37)39)26-13-7-4-8-14-26/h3-24H,1-2H3. The third kappa shape index (κ3) is 3.18. The molecule has 0 fully saturated rings. The molecule has 0 radical (unpaired) electrons. The first-order valence-electron chi connectivity index (χ1n) is 13.8. The Balaban J connectivity index is 1.56. The molecule has 0 bridgehead atoms. The number of hydrogen-bond donors (Lipinski definition) is 0. The first-order valence-corrected chi connectivity index (χ1v) is 13.8. The van der Waals surface area contributed by atoms with E-state index in [0.717, 1.165) is 0 Å². The summed E-state index contributed by atoms with van der Waals surface area (Å²) in [7, 11) is 0. The molecule has 7 aromatic carbocycles. The van der Waals surface area contributed by atoms with Gasteiger partial charge in [-0.25, -0.2) is 0 Å². The Bertz CT molecular complexity index is 2060. The van der Waals surface area contributed by atoms with E-state index in [0.29, 0.717) is 0 Å². The van der Waals surface area contributed by atoms with Crippen LogP contribution in [0.15, 0.2) is 133 Å². The van der Waals surface area contributed by atoms with Crippen molar-refractivity contribution in [1.29, 1.82) is 0 Å². The third-order valence-corrected chi connectivity index (χ3v) is 8.81. The lowest BCUT2D eigenvalue weighted by Gasteiger charge is -2.24. The lowest BCUT2D eigenvalue weighted by atomic mass is 9.78. The third-order valence-electron chi connectivity index (χ3n) is 8.81. The first-order chi connectivity index (χ1) is 19.1. The second kappa shape index (κ2) is 8.16. The summed E-state index contributed by atoms with van der Waals surface area (Å²) in [6.07, 6.45) is 0. The van der Waals surface area contributed by atoms with Gasteiger partial charge in [-0.2, -0.15) is 0 Å². The van der Waals surface area contributed by atoms with Gasteiger partial charge in [-0.1, -0.05) is 135 Å². The van der Waals surface area contributed by atoms with Gasteiger partial charge >= 0.3 is 0 Å². The maximum Gasteiger partial charge on any atom is 0.0165 e. The number of benzene rings is 7. The minimum Gasteiger partial charge on any atom is -0.0622 e. The van der Waals surface area contributed by atoms with Gasteiger partial charge in [-0.3, -0.25) is 0 Å². The van der Waals surface area contributed by atoms with E-state index < -0.39 is 0 Å². The van der Waals surface area contributed by atoms with Gasteiger partial charge in [-0.05, 0) is 89.0 Å². The molecular weight excluding hydrogens is 468 g/mol. The Hall–Kier alpha value is -4.68. The van der Waals surface area contributed by atoms with Crippen molar-refractivity contribution in [2.45, 2.75) is 19.3 Å². The molecule has 0 heterocycles. The highest BCUT2D eigenvalue weighted by atomic mass is 14.4. The molecule has 0 aliphatic heterocycles. The molecule has 7 aromatic rings. The normalized spacial score (nSPS) is 13.6. The Morgan fingerprint density at radius 2 is 0.949 bits per heavy atom. The monoisotopic (exact) mass is 496 g/mol. The van der Waals surface area contributed by atoms with Crippen LogP contribution in [0.2, 0.25) is 0 Å². The van der Waals surface area contributed by atoms with Crippen LogP contribution < -0.4 is 0 Å². The minimum absolute atomic E-state index is 0.126. The fourth-order valence-electron chi connectivity index (χ4n) is 6.97. The smallest absolute Gasteiger partial charge is 0.0165 e. The summed E-state index contributed by atoms with van der Waals surface area (Å²) in [4.78, 5) is 0. The molecule has 0 aromatic heterocycles. The van der Waals surface area contributed by atoms with E-state index in [2.05, 4.69) is 147 Å². The van der Waals surface area contributed by atoms with Gasteiger partial charge in [0.2, 0.25) is 0 Å². The van der Waals surface area contributed by atoms with Crippen molar-refractivity contribution in [2.24, 2.45) is 0 Å². The summed E-state index contributed by atoms with van der Waals surface area (Å²) >= 11 is 0. The average Bonchev–Trinajstić information content (AvgIpc) is 3.25. The van der Waals surface area contributed by atoms with Gasteiger partial charge < -0.3 is 0 Å². The van der Waals surface area contributed by atoms with Gasteiger partial charge in [0.05, 0.1) is 0 Å². The molecular formula is C39H28. The molecule has 0 spiro atoms. The minimum atomic E-state index is -0.126. The van der Waals surface area contributed by atoms with Crippen LogP contribution in [0, 0.1) is 0 Å². The largest absolute Gasteiger partial charge is 0.0622 e. The molecule has 0 saturated carbocycles. The van der Waals surface area contributed by atoms with E-state index >= 15 is 0 Å². The fourth-order valence-corrected chi connectivity index (χ4v) is 6.97. The van der Waals surface area contributed by atoms with Gasteiger partial charge in [0, 0.05) is 5.41 Å². The quantitative estimate of drug-likeness (QED) is 0.209. The maximum absolute atomic E-state index is 2.43. The van der Waals surface area contributed by atoms with Gasteiger partial charge in [0.15, 0.2) is 0 Å². The van der Waals surface area contributed by atoms with E-state index in [1.807, 2.05) is 0 Å². The first kappa shape index (κ1) is 22.3. The molecule has 0 N–H and O–H groups in total. The van der Waals surface area contributed by atoms with Crippen LogP contribution in [0.4, 0.5) is 0 Å². The number of hydrogen-bond acceptors (Lipinski definition) is 0. The summed E-state index contributed by atoms with van der Waals surface area (Å²) in [5, 5.41) is 7.98. The molecule has 0 heteroatoms. The van der Waals surface area contributed by atoms with Crippen molar-refractivity contribution < 1.29 is 0 Å². The summed E-state index contributed by atoms with van der Waals surface area (Å²) in [6.45, 7) is 4.82. The van der Waals surface area contributed by atoms with E-state index in [1.54, 1.807) is 0 Å². The summed E-state index contributed by atoms with van der Waals surface area (Å²) in [5.41, 5.74) is 10.6. The van der Waals surface area contributed by atoms with Crippen LogP contribution in [0.1, 0.15) is 25.0 Å². The number of rotatable bonds is 2. The Morgan fingerprint density at radius 3 is 1.62 bits per heavy atom. The lowest BCUT2D eigenvalue weighted by Crippen LogP contribution is -2.15. The van der Waals surface area contributed by atoms with Crippen LogP contribution >= 0.6 is 0 Å². The fraction of sp³-hybridized carbons (Fsp3) is 0.0769. The Morgan fingerprint density at radius 1 is 0.385 bits per heavy atom. The average molecular weight is 497 g/mol. The Kier molecular flexibility index (Phi) is 4.67. The highest BCUT2D eigenvalue weighted by molar-refractivity contribution is 6.22. The van der Waals surface area contributed by atoms with Crippen molar-refractivity contribution >= 4 is 32.3 Å². The molecule has 39 heavy (non-hydrogen) atoms. The summed E-state index contributed by atoms with van der Waals surface area (Å²) < 4.78 is 0. The molecule has 8 rings (SSSR count). The Labute approximate surface area is 229 Å². The van der Waals surface area contributed by atoms with Crippen LogP contribution in [-0.4, -0.2) is 0 Å². The summed E-state index contributed by atoms with van der Waals surface area (Å²) in [6, 6.07) is 49.2. The highest BCUT2D eigenvalue weighted by Crippen LogP contribution is 2.57. The zero-order chi connectivity index (χ0) is 26.1. The van der Waals surface area contributed by atoms with Crippen LogP contribution in [0.3, 0.4) is 0 Å². The van der Waals surface area contributed by atoms with Crippen molar-refractivity contribution in [3.63, 3.8) is 0 Å². The van der Waals surface area contributed by atoms with Crippen molar-refractivity contribution in [2.75, 3.05) is 0 Å². The van der Waals surface area contributed by atoms with Gasteiger partial charge in [0.1, 0.15) is 0 Å². The van der Waals surface area contributed by atoms with E-state index in [1.165, 1.54) is 76.8 Å². The molecule has 1 aliphatic rings. The zero-order valence-corrected chi connectivity index (χ0v) is 22.2. The van der Waals surface area contributed by atoms with Gasteiger partial charge in [0.25, 0.3) is 0 Å². The van der Waals surface area contributed by atoms with E-state index in [9.17, 15) is 0 Å². The predicted octanol–water partition coefficient (Wildman–Crippen LogP) is 10.8. The predicted molar refractivity (Wildman–Crippen MR) is 167 cm³/mol. The maximum atomic E-state index is 2.43. The molecule has 0 saturated heterocycles. The SMILES string of the molecule is CC1(C)c2ccc3ccccc3c2-c2c1c1cc(-c3ccccc3)ccc1c1ccc(-c3ccccc3)cc21. The molecule has 184 valence electrons. The van der Waals surface area contributed by atoms with Crippen LogP contribution in [-0.2, 0) is 5.41 Å². The molecule has 0 nitrogen and oxygen atoms in total. The summed E-state index contributed by atoms with van der Waals surface area (Å²) in [5.74, 6) is 0. The van der Waals surface area contributed by atoms with E-state index in [-0.39, 0.29) is 5.41 Å². The lowest BCUT2D eigenvalue weighted by molar-refractivity contribution is 0.667.